The summed E-state index contributed by atoms with van der Waals surface area (Å²) < 4.78 is 1.42. The Kier molecular flexibility index (Phi) is 3.26. The molecule has 0 saturated heterocycles. The second-order valence-corrected chi connectivity index (χ2v) is 4.52. The molecule has 20 heavy (non-hydrogen) atoms. The van der Waals surface area contributed by atoms with Crippen molar-refractivity contribution in [2.24, 2.45) is 0 Å². The summed E-state index contributed by atoms with van der Waals surface area (Å²) >= 11 is 0. The van der Waals surface area contributed by atoms with E-state index in [9.17, 15) is 9.90 Å². The molecule has 1 aromatic carbocycles. The summed E-state index contributed by atoms with van der Waals surface area (Å²) in [6.45, 7) is 0.175. The van der Waals surface area contributed by atoms with Crippen molar-refractivity contribution < 1.29 is 5.11 Å². The first-order valence-corrected chi connectivity index (χ1v) is 6.28. The standard InChI is InChI=1S/C15H13N3O2/c19-14(11-4-2-1-3-5-11)9-18-10-17-13-8-16-7-6-12(13)15(18)20/h1-8,10,14,19H,9H2. The molecule has 0 radical (unpaired) electrons. The van der Waals surface area contributed by atoms with Crippen molar-refractivity contribution in [2.45, 2.75) is 12.6 Å². The van der Waals surface area contributed by atoms with Crippen molar-refractivity contribution in [2.75, 3.05) is 0 Å². The van der Waals surface area contributed by atoms with Crippen molar-refractivity contribution in [1.29, 1.82) is 0 Å². The average Bonchev–Trinajstić information content (AvgIpc) is 2.51. The average molecular weight is 267 g/mol. The highest BCUT2D eigenvalue weighted by Gasteiger charge is 2.10. The van der Waals surface area contributed by atoms with Crippen molar-refractivity contribution in [1.82, 2.24) is 14.5 Å². The van der Waals surface area contributed by atoms with Gasteiger partial charge < -0.3 is 5.11 Å². The van der Waals surface area contributed by atoms with Gasteiger partial charge in [0.25, 0.3) is 5.56 Å². The van der Waals surface area contributed by atoms with Crippen LogP contribution in [0.4, 0.5) is 0 Å². The third-order valence-corrected chi connectivity index (χ3v) is 3.18. The molecule has 1 unspecified atom stereocenters. The van der Waals surface area contributed by atoms with Gasteiger partial charge in [0.15, 0.2) is 0 Å². The van der Waals surface area contributed by atoms with Crippen LogP contribution in [0.1, 0.15) is 11.7 Å². The molecule has 1 N–H and O–H groups in total. The summed E-state index contributed by atoms with van der Waals surface area (Å²) in [5.41, 5.74) is 1.16. The maximum atomic E-state index is 12.3. The molecule has 0 bridgehead atoms. The van der Waals surface area contributed by atoms with Gasteiger partial charge in [-0.3, -0.25) is 14.3 Å². The highest BCUT2D eigenvalue weighted by atomic mass is 16.3. The largest absolute Gasteiger partial charge is 0.387 e. The predicted molar refractivity (Wildman–Crippen MR) is 75.2 cm³/mol. The second kappa shape index (κ2) is 5.22. The smallest absolute Gasteiger partial charge is 0.261 e. The van der Waals surface area contributed by atoms with E-state index in [4.69, 9.17) is 0 Å². The van der Waals surface area contributed by atoms with E-state index in [-0.39, 0.29) is 12.1 Å². The minimum absolute atomic E-state index is 0.174. The van der Waals surface area contributed by atoms with Gasteiger partial charge >= 0.3 is 0 Å². The van der Waals surface area contributed by atoms with Crippen LogP contribution >= 0.6 is 0 Å². The summed E-state index contributed by atoms with van der Waals surface area (Å²) in [5.74, 6) is 0. The maximum Gasteiger partial charge on any atom is 0.261 e. The van der Waals surface area contributed by atoms with Crippen LogP contribution in [0.15, 0.2) is 59.9 Å². The van der Waals surface area contributed by atoms with Crippen molar-refractivity contribution in [3.05, 3.63) is 71.0 Å². The van der Waals surface area contributed by atoms with Gasteiger partial charge in [0.05, 0.1) is 36.1 Å². The fourth-order valence-electron chi connectivity index (χ4n) is 2.11. The van der Waals surface area contributed by atoms with Crippen LogP contribution in [0.2, 0.25) is 0 Å². The van der Waals surface area contributed by atoms with E-state index < -0.39 is 6.10 Å². The zero-order chi connectivity index (χ0) is 13.9. The van der Waals surface area contributed by atoms with Gasteiger partial charge in [-0.05, 0) is 11.6 Å². The summed E-state index contributed by atoms with van der Waals surface area (Å²) in [7, 11) is 0. The zero-order valence-electron chi connectivity index (χ0n) is 10.7. The minimum Gasteiger partial charge on any atom is -0.387 e. The molecule has 0 aliphatic rings. The Morgan fingerprint density at radius 3 is 2.80 bits per heavy atom. The van der Waals surface area contributed by atoms with E-state index in [0.29, 0.717) is 10.9 Å². The summed E-state index contributed by atoms with van der Waals surface area (Å²) in [5, 5.41) is 10.7. The Balaban J connectivity index is 1.96. The highest BCUT2D eigenvalue weighted by molar-refractivity contribution is 5.75. The van der Waals surface area contributed by atoms with E-state index in [1.807, 2.05) is 30.3 Å². The SMILES string of the molecule is O=c1c2ccncc2ncn1CC(O)c1ccccc1. The van der Waals surface area contributed by atoms with Crippen LogP contribution in [0, 0.1) is 0 Å². The van der Waals surface area contributed by atoms with Crippen LogP contribution in [-0.2, 0) is 6.54 Å². The first-order chi connectivity index (χ1) is 9.75. The first-order valence-electron chi connectivity index (χ1n) is 6.28. The minimum atomic E-state index is -0.741. The van der Waals surface area contributed by atoms with E-state index in [0.717, 1.165) is 5.56 Å². The summed E-state index contributed by atoms with van der Waals surface area (Å²) in [6, 6.07) is 10.9. The highest BCUT2D eigenvalue weighted by Crippen LogP contribution is 2.13. The fraction of sp³-hybridized carbons (Fsp3) is 0.133. The number of nitrogens with zero attached hydrogens (tertiary/aromatic N) is 3. The molecule has 0 aliphatic carbocycles. The number of hydrogen-bond donors (Lipinski definition) is 1. The molecule has 5 nitrogen and oxygen atoms in total. The monoisotopic (exact) mass is 267 g/mol. The molecule has 0 spiro atoms. The molecule has 1 atom stereocenters. The zero-order valence-corrected chi connectivity index (χ0v) is 10.7. The number of fused-ring (bicyclic) bond motifs is 1. The van der Waals surface area contributed by atoms with Crippen LogP contribution in [-0.4, -0.2) is 19.6 Å². The third-order valence-electron chi connectivity index (χ3n) is 3.18. The maximum absolute atomic E-state index is 12.3. The normalized spacial score (nSPS) is 12.4. The van der Waals surface area contributed by atoms with Crippen molar-refractivity contribution in [3.63, 3.8) is 0 Å². The Morgan fingerprint density at radius 2 is 2.00 bits per heavy atom. The molecule has 0 fully saturated rings. The Bertz CT molecular complexity index is 784. The number of aliphatic hydroxyl groups is 1. The van der Waals surface area contributed by atoms with E-state index >= 15 is 0 Å². The van der Waals surface area contributed by atoms with Crippen LogP contribution < -0.4 is 5.56 Å². The van der Waals surface area contributed by atoms with Gasteiger partial charge in [-0.15, -0.1) is 0 Å². The predicted octanol–water partition coefficient (Wildman–Crippen LogP) is 1.53. The molecule has 0 amide bonds. The summed E-state index contributed by atoms with van der Waals surface area (Å²) in [6.07, 6.45) is 3.81. The van der Waals surface area contributed by atoms with Crippen LogP contribution in [0.5, 0.6) is 0 Å². The second-order valence-electron chi connectivity index (χ2n) is 4.52. The number of benzene rings is 1. The van der Waals surface area contributed by atoms with Crippen LogP contribution in [0.25, 0.3) is 10.9 Å². The lowest BCUT2D eigenvalue weighted by atomic mass is 10.1. The fourth-order valence-corrected chi connectivity index (χ4v) is 2.11. The Hall–Kier alpha value is -2.53. The molecule has 3 rings (SSSR count). The molecular weight excluding hydrogens is 254 g/mol. The molecule has 2 heterocycles. The lowest BCUT2D eigenvalue weighted by Gasteiger charge is -2.13. The van der Waals surface area contributed by atoms with Gasteiger partial charge in [-0.2, -0.15) is 0 Å². The summed E-state index contributed by atoms with van der Waals surface area (Å²) in [4.78, 5) is 20.4. The number of hydrogen-bond acceptors (Lipinski definition) is 4. The number of aliphatic hydroxyl groups excluding tert-OH is 1. The van der Waals surface area contributed by atoms with Gasteiger partial charge in [-0.1, -0.05) is 30.3 Å². The molecule has 100 valence electrons. The van der Waals surface area contributed by atoms with Gasteiger partial charge in [0.2, 0.25) is 0 Å². The van der Waals surface area contributed by atoms with E-state index in [2.05, 4.69) is 9.97 Å². The Morgan fingerprint density at radius 1 is 1.20 bits per heavy atom. The van der Waals surface area contributed by atoms with E-state index in [1.165, 1.54) is 10.9 Å². The number of pyridine rings is 1. The van der Waals surface area contributed by atoms with Crippen LogP contribution in [0.3, 0.4) is 0 Å². The van der Waals surface area contributed by atoms with Gasteiger partial charge in [0.1, 0.15) is 0 Å². The lowest BCUT2D eigenvalue weighted by Crippen LogP contribution is -2.23. The van der Waals surface area contributed by atoms with Gasteiger partial charge in [0, 0.05) is 6.20 Å². The third kappa shape index (κ3) is 2.31. The number of aromatic nitrogens is 3. The van der Waals surface area contributed by atoms with Crippen molar-refractivity contribution >= 4 is 10.9 Å². The topological polar surface area (TPSA) is 68.0 Å². The van der Waals surface area contributed by atoms with Crippen molar-refractivity contribution in [3.8, 4) is 0 Å². The molecule has 0 saturated carbocycles. The Labute approximate surface area is 115 Å². The molecule has 5 heteroatoms. The molecular formula is C15H13N3O2. The molecule has 0 aliphatic heterocycles. The molecule has 2 aromatic heterocycles. The number of rotatable bonds is 3. The quantitative estimate of drug-likeness (QED) is 0.781. The van der Waals surface area contributed by atoms with E-state index in [1.54, 1.807) is 18.5 Å². The molecule has 3 aromatic rings. The van der Waals surface area contributed by atoms with Gasteiger partial charge in [-0.25, -0.2) is 4.98 Å². The first kappa shape index (κ1) is 12.5. The lowest BCUT2D eigenvalue weighted by molar-refractivity contribution is 0.155.